The maximum Gasteiger partial charge on any atom is 0.407 e. The molecule has 4 nitrogen and oxygen atoms in total. The van der Waals surface area contributed by atoms with Crippen molar-refractivity contribution in [3.8, 4) is 0 Å². The van der Waals surface area contributed by atoms with Gasteiger partial charge < -0.3 is 15.0 Å². The number of nitrogens with zero attached hydrogens (tertiary/aromatic N) is 1. The Morgan fingerprint density at radius 3 is 3.23 bits per heavy atom. The van der Waals surface area contributed by atoms with Crippen LogP contribution in [0.15, 0.2) is 0 Å². The Morgan fingerprint density at radius 2 is 2.46 bits per heavy atom. The number of ether oxygens (including phenoxy) is 1. The van der Waals surface area contributed by atoms with Crippen LogP contribution in [0.2, 0.25) is 0 Å². The van der Waals surface area contributed by atoms with Gasteiger partial charge in [0.15, 0.2) is 0 Å². The molecule has 2 unspecified atom stereocenters. The van der Waals surface area contributed by atoms with Crippen molar-refractivity contribution < 1.29 is 9.53 Å². The predicted octanol–water partition coefficient (Wildman–Crippen LogP) is 0.437. The highest BCUT2D eigenvalue weighted by Gasteiger charge is 2.43. The summed E-state index contributed by atoms with van der Waals surface area (Å²) in [6, 6.07) is 0. The molecule has 0 bridgehead atoms. The summed E-state index contributed by atoms with van der Waals surface area (Å²) in [6.45, 7) is 4.70. The average Bonchev–Trinajstić information content (AvgIpc) is 2.01. The Balaban J connectivity index is 2.13. The van der Waals surface area contributed by atoms with E-state index in [0.717, 1.165) is 19.5 Å². The minimum atomic E-state index is -0.269. The topological polar surface area (TPSA) is 41.6 Å². The fourth-order valence-electron chi connectivity index (χ4n) is 2.32. The fourth-order valence-corrected chi connectivity index (χ4v) is 2.32. The molecule has 0 saturated carbocycles. The summed E-state index contributed by atoms with van der Waals surface area (Å²) in [5.41, 5.74) is -0.0810. The largest absolute Gasteiger partial charge is 0.449 e. The van der Waals surface area contributed by atoms with Crippen molar-refractivity contribution in [1.29, 1.82) is 0 Å². The molecule has 13 heavy (non-hydrogen) atoms. The van der Waals surface area contributed by atoms with Crippen LogP contribution in [0.4, 0.5) is 4.79 Å². The first kappa shape index (κ1) is 8.81. The van der Waals surface area contributed by atoms with E-state index in [1.165, 1.54) is 0 Å². The Morgan fingerprint density at radius 1 is 1.69 bits per heavy atom. The normalized spacial score (nSPS) is 40.5. The number of hydrogen-bond acceptors (Lipinski definition) is 3. The summed E-state index contributed by atoms with van der Waals surface area (Å²) in [5, 5.41) is 2.92. The van der Waals surface area contributed by atoms with Gasteiger partial charge in [-0.05, 0) is 26.9 Å². The van der Waals surface area contributed by atoms with Gasteiger partial charge in [0.25, 0.3) is 0 Å². The lowest BCUT2D eigenvalue weighted by atomic mass is 9.79. The van der Waals surface area contributed by atoms with Crippen molar-refractivity contribution in [3.63, 3.8) is 0 Å². The molecule has 0 spiro atoms. The highest BCUT2D eigenvalue weighted by atomic mass is 16.6. The zero-order valence-corrected chi connectivity index (χ0v) is 8.17. The number of nitrogens with one attached hydrogen (secondary N) is 1. The van der Waals surface area contributed by atoms with E-state index in [9.17, 15) is 4.79 Å². The number of hydrogen-bond donors (Lipinski definition) is 1. The van der Waals surface area contributed by atoms with Crippen LogP contribution >= 0.6 is 0 Å². The van der Waals surface area contributed by atoms with Gasteiger partial charge in [-0.2, -0.15) is 0 Å². The van der Waals surface area contributed by atoms with E-state index in [1.54, 1.807) is 0 Å². The third kappa shape index (κ3) is 1.50. The average molecular weight is 184 g/mol. The molecule has 2 heterocycles. The second kappa shape index (κ2) is 2.87. The standard InChI is InChI=1S/C9H16N2O2/c1-9-6-11(2)4-3-7(9)5-13-8(12)10-9/h7H,3-6H2,1-2H3,(H,10,12). The van der Waals surface area contributed by atoms with E-state index >= 15 is 0 Å². The zero-order valence-electron chi connectivity index (χ0n) is 8.17. The number of alkyl carbamates (subject to hydrolysis) is 1. The number of cyclic esters (lactones) is 1. The molecule has 0 aliphatic carbocycles. The molecule has 2 saturated heterocycles. The summed E-state index contributed by atoms with van der Waals surface area (Å²) in [5.74, 6) is 0.474. The van der Waals surface area contributed by atoms with Crippen LogP contribution in [0, 0.1) is 5.92 Å². The van der Waals surface area contributed by atoms with Gasteiger partial charge in [-0.1, -0.05) is 0 Å². The van der Waals surface area contributed by atoms with Crippen LogP contribution in [0.25, 0.3) is 0 Å². The first-order valence-electron chi connectivity index (χ1n) is 4.74. The number of piperidine rings is 1. The van der Waals surface area contributed by atoms with Gasteiger partial charge >= 0.3 is 6.09 Å². The van der Waals surface area contributed by atoms with Gasteiger partial charge in [0.2, 0.25) is 0 Å². The zero-order chi connectivity index (χ0) is 9.47. The van der Waals surface area contributed by atoms with Gasteiger partial charge in [0.05, 0.1) is 12.1 Å². The monoisotopic (exact) mass is 184 g/mol. The van der Waals surface area contributed by atoms with Crippen LogP contribution in [0.5, 0.6) is 0 Å². The van der Waals surface area contributed by atoms with E-state index < -0.39 is 0 Å². The van der Waals surface area contributed by atoms with Gasteiger partial charge in [-0.25, -0.2) is 4.79 Å². The van der Waals surface area contributed by atoms with Crippen LogP contribution in [-0.4, -0.2) is 43.3 Å². The second-order valence-electron chi connectivity index (χ2n) is 4.36. The summed E-state index contributed by atoms with van der Waals surface area (Å²) in [7, 11) is 2.09. The molecule has 1 N–H and O–H groups in total. The molecule has 0 aromatic heterocycles. The summed E-state index contributed by atoms with van der Waals surface area (Å²) >= 11 is 0. The van der Waals surface area contributed by atoms with Crippen molar-refractivity contribution in [2.24, 2.45) is 5.92 Å². The molecule has 0 aromatic carbocycles. The van der Waals surface area contributed by atoms with Crippen LogP contribution in [0.3, 0.4) is 0 Å². The Bertz CT molecular complexity index is 232. The first-order valence-corrected chi connectivity index (χ1v) is 4.74. The molecule has 0 aromatic rings. The number of carbonyl (C=O) groups is 1. The lowest BCUT2D eigenvalue weighted by Gasteiger charge is -2.47. The molecule has 2 fully saturated rings. The smallest absolute Gasteiger partial charge is 0.407 e. The van der Waals surface area contributed by atoms with Crippen LogP contribution < -0.4 is 5.32 Å². The maximum absolute atomic E-state index is 11.1. The second-order valence-corrected chi connectivity index (χ2v) is 4.36. The maximum atomic E-state index is 11.1. The number of fused-ring (bicyclic) bond motifs is 1. The van der Waals surface area contributed by atoms with Crippen molar-refractivity contribution in [2.75, 3.05) is 26.7 Å². The molecule has 1 amide bonds. The molecule has 0 radical (unpaired) electrons. The predicted molar refractivity (Wildman–Crippen MR) is 48.5 cm³/mol. The van der Waals surface area contributed by atoms with Gasteiger partial charge in [-0.15, -0.1) is 0 Å². The summed E-state index contributed by atoms with van der Waals surface area (Å²) in [4.78, 5) is 13.3. The number of carbonyl (C=O) groups excluding carboxylic acids is 1. The van der Waals surface area contributed by atoms with Crippen molar-refractivity contribution in [2.45, 2.75) is 18.9 Å². The van der Waals surface area contributed by atoms with Gasteiger partial charge in [0, 0.05) is 12.5 Å². The molecule has 2 aliphatic heterocycles. The number of likely N-dealkylation sites (tertiary alicyclic amines) is 1. The van der Waals surface area contributed by atoms with Crippen LogP contribution in [-0.2, 0) is 4.74 Å². The quantitative estimate of drug-likeness (QED) is 0.594. The summed E-state index contributed by atoms with van der Waals surface area (Å²) in [6.07, 6.45) is 0.835. The lowest BCUT2D eigenvalue weighted by molar-refractivity contribution is 0.00414. The lowest BCUT2D eigenvalue weighted by Crippen LogP contribution is -2.65. The van der Waals surface area contributed by atoms with Crippen molar-refractivity contribution in [1.82, 2.24) is 10.2 Å². The number of rotatable bonds is 0. The van der Waals surface area contributed by atoms with E-state index in [-0.39, 0.29) is 11.6 Å². The molecule has 2 aliphatic rings. The molecule has 2 rings (SSSR count). The number of amides is 1. The third-order valence-corrected chi connectivity index (χ3v) is 3.16. The SMILES string of the molecule is CN1CCC2COC(=O)NC2(C)C1. The molecule has 2 atom stereocenters. The highest BCUT2D eigenvalue weighted by Crippen LogP contribution is 2.29. The minimum Gasteiger partial charge on any atom is -0.449 e. The highest BCUT2D eigenvalue weighted by molar-refractivity contribution is 5.69. The van der Waals surface area contributed by atoms with Gasteiger partial charge in [0.1, 0.15) is 0 Å². The van der Waals surface area contributed by atoms with E-state index in [1.807, 2.05) is 0 Å². The van der Waals surface area contributed by atoms with Gasteiger partial charge in [-0.3, -0.25) is 0 Å². The van der Waals surface area contributed by atoms with E-state index in [0.29, 0.717) is 12.5 Å². The van der Waals surface area contributed by atoms with E-state index in [2.05, 4.69) is 24.2 Å². The Labute approximate surface area is 78.2 Å². The first-order chi connectivity index (χ1) is 6.10. The van der Waals surface area contributed by atoms with Crippen molar-refractivity contribution in [3.05, 3.63) is 0 Å². The molecular weight excluding hydrogens is 168 g/mol. The molecule has 4 heteroatoms. The summed E-state index contributed by atoms with van der Waals surface area (Å²) < 4.78 is 4.98. The fraction of sp³-hybridized carbons (Fsp3) is 0.889. The molecular formula is C9H16N2O2. The van der Waals surface area contributed by atoms with Crippen LogP contribution in [0.1, 0.15) is 13.3 Å². The Hall–Kier alpha value is -0.770. The van der Waals surface area contributed by atoms with E-state index in [4.69, 9.17) is 4.74 Å². The third-order valence-electron chi connectivity index (χ3n) is 3.16. The van der Waals surface area contributed by atoms with Crippen molar-refractivity contribution >= 4 is 6.09 Å². The Kier molecular flexibility index (Phi) is 1.95. The number of likely N-dealkylation sites (N-methyl/N-ethyl adjacent to an activating group) is 1. The minimum absolute atomic E-state index is 0.0810. The molecule has 74 valence electrons.